The first-order valence-corrected chi connectivity index (χ1v) is 4.73. The molecule has 0 radical (unpaired) electrons. The van der Waals surface area contributed by atoms with E-state index in [1.165, 1.54) is 16.2 Å². The molecule has 3 aromatic carbocycles. The van der Waals surface area contributed by atoms with Crippen LogP contribution in [-0.4, -0.2) is 0 Å². The standard InChI is InChI=1S/C14H10/c1-3-7-13-11(5-1)9-10-12-6-2-4-8-14(12)13/h1-10H/i5D. The van der Waals surface area contributed by atoms with Gasteiger partial charge in [0, 0.05) is 0 Å². The molecule has 0 aromatic heterocycles. The molecular weight excluding hydrogens is 168 g/mol. The minimum Gasteiger partial charge on any atom is -0.0616 e. The molecule has 0 saturated carbocycles. The van der Waals surface area contributed by atoms with Gasteiger partial charge in [0.25, 0.3) is 0 Å². The molecule has 66 valence electrons. The summed E-state index contributed by atoms with van der Waals surface area (Å²) in [5.41, 5.74) is 0. The third-order valence-electron chi connectivity index (χ3n) is 2.57. The summed E-state index contributed by atoms with van der Waals surface area (Å²) < 4.78 is 7.84. The van der Waals surface area contributed by atoms with Crippen molar-refractivity contribution in [1.82, 2.24) is 0 Å². The van der Waals surface area contributed by atoms with E-state index in [0.717, 1.165) is 5.39 Å². The van der Waals surface area contributed by atoms with Crippen LogP contribution in [0.25, 0.3) is 21.5 Å². The molecule has 0 unspecified atom stereocenters. The molecule has 0 aliphatic rings. The summed E-state index contributed by atoms with van der Waals surface area (Å²) in [5.74, 6) is 0. The summed E-state index contributed by atoms with van der Waals surface area (Å²) in [6, 6.07) is 18.8. The lowest BCUT2D eigenvalue weighted by Crippen LogP contribution is -1.75. The van der Waals surface area contributed by atoms with Crippen LogP contribution in [0.15, 0.2) is 60.6 Å². The van der Waals surface area contributed by atoms with E-state index in [1.54, 1.807) is 0 Å². The van der Waals surface area contributed by atoms with Crippen LogP contribution < -0.4 is 0 Å². The zero-order valence-corrected chi connectivity index (χ0v) is 7.70. The van der Waals surface area contributed by atoms with Gasteiger partial charge >= 0.3 is 0 Å². The van der Waals surface area contributed by atoms with Crippen molar-refractivity contribution in [3.8, 4) is 0 Å². The average Bonchev–Trinajstić information content (AvgIpc) is 2.29. The number of rotatable bonds is 0. The number of hydrogen-bond donors (Lipinski definition) is 0. The molecule has 0 heterocycles. The predicted molar refractivity (Wildman–Crippen MR) is 61.5 cm³/mol. The monoisotopic (exact) mass is 179 g/mol. The lowest BCUT2D eigenvalue weighted by molar-refractivity contribution is 1.76. The molecule has 0 aliphatic carbocycles. The Morgan fingerprint density at radius 2 is 1.29 bits per heavy atom. The minimum atomic E-state index is 0.596. The molecule has 0 atom stereocenters. The topological polar surface area (TPSA) is 0 Å². The summed E-state index contributed by atoms with van der Waals surface area (Å²) in [7, 11) is 0. The summed E-state index contributed by atoms with van der Waals surface area (Å²) in [4.78, 5) is 0. The van der Waals surface area contributed by atoms with Crippen LogP contribution in [0.5, 0.6) is 0 Å². The molecule has 3 rings (SSSR count). The van der Waals surface area contributed by atoms with Crippen molar-refractivity contribution >= 4 is 21.5 Å². The predicted octanol–water partition coefficient (Wildman–Crippen LogP) is 3.99. The molecule has 0 saturated heterocycles. The van der Waals surface area contributed by atoms with Crippen molar-refractivity contribution < 1.29 is 1.37 Å². The lowest BCUT2D eigenvalue weighted by Gasteiger charge is -2.02. The van der Waals surface area contributed by atoms with Crippen molar-refractivity contribution in [2.45, 2.75) is 0 Å². The van der Waals surface area contributed by atoms with Gasteiger partial charge < -0.3 is 0 Å². The van der Waals surface area contributed by atoms with Crippen LogP contribution in [0.3, 0.4) is 0 Å². The van der Waals surface area contributed by atoms with Crippen LogP contribution in [0.2, 0.25) is 0 Å². The van der Waals surface area contributed by atoms with E-state index in [9.17, 15) is 0 Å². The molecule has 0 heteroatoms. The van der Waals surface area contributed by atoms with E-state index in [4.69, 9.17) is 1.37 Å². The van der Waals surface area contributed by atoms with Crippen LogP contribution in [0.1, 0.15) is 1.37 Å². The Morgan fingerprint density at radius 3 is 2.21 bits per heavy atom. The Labute approximate surface area is 84.2 Å². The second-order valence-corrected chi connectivity index (χ2v) is 3.42. The highest BCUT2D eigenvalue weighted by Gasteiger charge is 1.97. The van der Waals surface area contributed by atoms with Crippen molar-refractivity contribution in [3.05, 3.63) is 60.6 Å². The van der Waals surface area contributed by atoms with Crippen LogP contribution in [0.4, 0.5) is 0 Å². The number of fused-ring (bicyclic) bond motifs is 3. The molecule has 0 amide bonds. The first kappa shape index (κ1) is 6.61. The van der Waals surface area contributed by atoms with Gasteiger partial charge in [0.2, 0.25) is 0 Å². The fourth-order valence-corrected chi connectivity index (χ4v) is 1.88. The van der Waals surface area contributed by atoms with Gasteiger partial charge in [0.15, 0.2) is 0 Å². The second kappa shape index (κ2) is 2.85. The van der Waals surface area contributed by atoms with E-state index in [1.807, 2.05) is 30.3 Å². The highest BCUT2D eigenvalue weighted by Crippen LogP contribution is 2.24. The Bertz CT molecular complexity index is 641. The molecule has 0 nitrogen and oxygen atoms in total. The summed E-state index contributed by atoms with van der Waals surface area (Å²) >= 11 is 0. The van der Waals surface area contributed by atoms with Gasteiger partial charge in [-0.05, 0) is 21.5 Å². The highest BCUT2D eigenvalue weighted by atomic mass is 14.0. The van der Waals surface area contributed by atoms with Crippen molar-refractivity contribution in [2.75, 3.05) is 0 Å². The zero-order valence-electron chi connectivity index (χ0n) is 8.70. The molecule has 0 N–H and O–H groups in total. The second-order valence-electron chi connectivity index (χ2n) is 3.42. The molecule has 0 aliphatic heterocycles. The van der Waals surface area contributed by atoms with E-state index < -0.39 is 0 Å². The quantitative estimate of drug-likeness (QED) is 0.458. The fraction of sp³-hybridized carbons (Fsp3) is 0. The number of hydrogen-bond acceptors (Lipinski definition) is 0. The van der Waals surface area contributed by atoms with Gasteiger partial charge in [-0.3, -0.25) is 0 Å². The van der Waals surface area contributed by atoms with Crippen molar-refractivity contribution in [3.63, 3.8) is 0 Å². The summed E-state index contributed by atoms with van der Waals surface area (Å²) in [6.07, 6.45) is 0. The Hall–Kier alpha value is -1.82. The Balaban J connectivity index is 2.60. The van der Waals surface area contributed by atoms with Gasteiger partial charge in [0.1, 0.15) is 0 Å². The maximum atomic E-state index is 7.84. The van der Waals surface area contributed by atoms with Gasteiger partial charge in [-0.15, -0.1) is 0 Å². The Kier molecular flexibility index (Phi) is 1.34. The van der Waals surface area contributed by atoms with Crippen LogP contribution in [0, 0.1) is 0 Å². The fourth-order valence-electron chi connectivity index (χ4n) is 1.88. The first-order chi connectivity index (χ1) is 7.36. The van der Waals surface area contributed by atoms with E-state index in [2.05, 4.69) is 24.3 Å². The van der Waals surface area contributed by atoms with Crippen LogP contribution in [-0.2, 0) is 0 Å². The van der Waals surface area contributed by atoms with Crippen LogP contribution >= 0.6 is 0 Å². The zero-order chi connectivity index (χ0) is 10.3. The minimum absolute atomic E-state index is 0.596. The maximum absolute atomic E-state index is 7.84. The van der Waals surface area contributed by atoms with E-state index in [-0.39, 0.29) is 0 Å². The van der Waals surface area contributed by atoms with Gasteiger partial charge in [-0.25, -0.2) is 0 Å². The molecule has 0 fully saturated rings. The maximum Gasteiger partial charge on any atom is 0.0629 e. The molecule has 0 spiro atoms. The molecular formula is C14H10. The van der Waals surface area contributed by atoms with Gasteiger partial charge in [-0.2, -0.15) is 0 Å². The van der Waals surface area contributed by atoms with Gasteiger partial charge in [-0.1, -0.05) is 60.6 Å². The largest absolute Gasteiger partial charge is 0.0629 e. The highest BCUT2D eigenvalue weighted by molar-refractivity contribution is 6.07. The molecule has 14 heavy (non-hydrogen) atoms. The summed E-state index contributed by atoms with van der Waals surface area (Å²) in [5, 5.41) is 4.65. The Morgan fingerprint density at radius 1 is 0.643 bits per heavy atom. The van der Waals surface area contributed by atoms with Gasteiger partial charge in [0.05, 0.1) is 1.37 Å². The smallest absolute Gasteiger partial charge is 0.0616 e. The summed E-state index contributed by atoms with van der Waals surface area (Å²) in [6.45, 7) is 0. The first-order valence-electron chi connectivity index (χ1n) is 5.23. The molecule has 3 aromatic rings. The lowest BCUT2D eigenvalue weighted by atomic mass is 10.0. The molecule has 0 bridgehead atoms. The van der Waals surface area contributed by atoms with E-state index >= 15 is 0 Å². The normalized spacial score (nSPS) is 11.9. The van der Waals surface area contributed by atoms with Crippen molar-refractivity contribution in [2.24, 2.45) is 0 Å². The average molecular weight is 179 g/mol. The van der Waals surface area contributed by atoms with E-state index in [0.29, 0.717) is 6.04 Å². The van der Waals surface area contributed by atoms with Crippen molar-refractivity contribution in [1.29, 1.82) is 0 Å². The number of benzene rings is 3. The third kappa shape index (κ3) is 1.01. The third-order valence-corrected chi connectivity index (χ3v) is 2.57. The SMILES string of the molecule is [2H]c1cccc2c1ccc1ccccc12.